The van der Waals surface area contributed by atoms with Crippen molar-refractivity contribution in [3.05, 3.63) is 33.9 Å². The summed E-state index contributed by atoms with van der Waals surface area (Å²) in [6.07, 6.45) is 1.88. The van der Waals surface area contributed by atoms with Gasteiger partial charge in [0.25, 0.3) is 0 Å². The van der Waals surface area contributed by atoms with E-state index >= 15 is 0 Å². The molecule has 7 heteroatoms. The smallest absolute Gasteiger partial charge is 0.151 e. The van der Waals surface area contributed by atoms with Crippen molar-refractivity contribution in [3.8, 4) is 0 Å². The second kappa shape index (κ2) is 7.33. The van der Waals surface area contributed by atoms with Crippen LogP contribution in [0.5, 0.6) is 0 Å². The number of hydrogen-bond donors (Lipinski definition) is 0. The van der Waals surface area contributed by atoms with E-state index in [9.17, 15) is 0 Å². The van der Waals surface area contributed by atoms with Crippen LogP contribution < -0.4 is 4.90 Å². The highest BCUT2D eigenvalue weighted by molar-refractivity contribution is 7.11. The van der Waals surface area contributed by atoms with Crippen LogP contribution in [0.2, 0.25) is 0 Å². The largest absolute Gasteiger partial charge is 0.374 e. The van der Waals surface area contributed by atoms with E-state index in [1.807, 2.05) is 19.2 Å². The number of nitrogens with zero attached hydrogens (tertiary/aromatic N) is 5. The number of aryl methyl sites for hydroxylation is 2. The molecule has 1 fully saturated rings. The summed E-state index contributed by atoms with van der Waals surface area (Å²) in [5.74, 6) is 0.877. The van der Waals surface area contributed by atoms with Gasteiger partial charge in [-0.05, 0) is 26.0 Å². The van der Waals surface area contributed by atoms with Crippen molar-refractivity contribution < 1.29 is 4.74 Å². The van der Waals surface area contributed by atoms with E-state index in [4.69, 9.17) is 4.74 Å². The van der Waals surface area contributed by atoms with E-state index in [0.717, 1.165) is 49.3 Å². The molecule has 0 spiro atoms. The van der Waals surface area contributed by atoms with Crippen LogP contribution >= 0.6 is 11.3 Å². The number of likely N-dealkylation sites (N-methyl/N-ethyl adjacent to an activating group) is 1. The highest BCUT2D eigenvalue weighted by atomic mass is 32.1. The molecule has 0 N–H and O–H groups in total. The fraction of sp³-hybridized carbons (Fsp3) is 0.562. The van der Waals surface area contributed by atoms with E-state index in [0.29, 0.717) is 0 Å². The third kappa shape index (κ3) is 4.25. The predicted molar refractivity (Wildman–Crippen MR) is 91.9 cm³/mol. The van der Waals surface area contributed by atoms with Crippen LogP contribution in [-0.4, -0.2) is 59.5 Å². The molecule has 6 nitrogen and oxygen atoms in total. The first-order valence-corrected chi connectivity index (χ1v) is 8.69. The summed E-state index contributed by atoms with van der Waals surface area (Å²) in [5.41, 5.74) is 1.16. The maximum absolute atomic E-state index is 5.93. The standard InChI is InChI=1S/C16H23N5OS/c1-12-15(23-13(2)18-12)11-21-7-8-22-14(10-21)9-20(3)16-5-4-6-17-19-16/h4-6,14H,7-11H2,1-3H3. The van der Waals surface area contributed by atoms with Gasteiger partial charge in [0.15, 0.2) is 5.82 Å². The van der Waals surface area contributed by atoms with Gasteiger partial charge in [0.2, 0.25) is 0 Å². The van der Waals surface area contributed by atoms with Crippen LogP contribution in [-0.2, 0) is 11.3 Å². The number of thiazole rings is 1. The minimum atomic E-state index is 0.185. The highest BCUT2D eigenvalue weighted by Gasteiger charge is 2.23. The minimum absolute atomic E-state index is 0.185. The lowest BCUT2D eigenvalue weighted by Gasteiger charge is -2.34. The van der Waals surface area contributed by atoms with Gasteiger partial charge in [-0.15, -0.1) is 16.4 Å². The number of aromatic nitrogens is 3. The molecule has 1 unspecified atom stereocenters. The average Bonchev–Trinajstić information content (AvgIpc) is 2.86. The maximum atomic E-state index is 5.93. The van der Waals surface area contributed by atoms with E-state index < -0.39 is 0 Å². The lowest BCUT2D eigenvalue weighted by Crippen LogP contribution is -2.46. The molecule has 1 aliphatic rings. The van der Waals surface area contributed by atoms with E-state index in [-0.39, 0.29) is 6.10 Å². The molecular weight excluding hydrogens is 310 g/mol. The predicted octanol–water partition coefficient (Wildman–Crippen LogP) is 1.89. The van der Waals surface area contributed by atoms with Crippen molar-refractivity contribution in [1.82, 2.24) is 20.1 Å². The molecule has 1 atom stereocenters. The van der Waals surface area contributed by atoms with Crippen LogP contribution in [0.1, 0.15) is 15.6 Å². The number of morpholine rings is 1. The monoisotopic (exact) mass is 333 g/mol. The van der Waals surface area contributed by atoms with Gasteiger partial charge in [0.1, 0.15) is 0 Å². The third-order valence-corrected chi connectivity index (χ3v) is 5.07. The van der Waals surface area contributed by atoms with Crippen LogP contribution in [0, 0.1) is 13.8 Å². The van der Waals surface area contributed by atoms with Crippen LogP contribution in [0.3, 0.4) is 0 Å². The van der Waals surface area contributed by atoms with Crippen LogP contribution in [0.25, 0.3) is 0 Å². The maximum Gasteiger partial charge on any atom is 0.151 e. The summed E-state index contributed by atoms with van der Waals surface area (Å²) in [4.78, 5) is 10.4. The molecule has 2 aromatic rings. The molecule has 2 aromatic heterocycles. The average molecular weight is 333 g/mol. The van der Waals surface area contributed by atoms with E-state index in [1.165, 1.54) is 4.88 Å². The van der Waals surface area contributed by atoms with Crippen molar-refractivity contribution in [2.45, 2.75) is 26.5 Å². The fourth-order valence-corrected chi connectivity index (χ4v) is 3.83. The molecule has 0 radical (unpaired) electrons. The Balaban J connectivity index is 1.57. The molecule has 0 amide bonds. The summed E-state index contributed by atoms with van der Waals surface area (Å²) in [6.45, 7) is 8.62. The third-order valence-electron chi connectivity index (χ3n) is 4.02. The highest BCUT2D eigenvalue weighted by Crippen LogP contribution is 2.20. The van der Waals surface area contributed by atoms with Gasteiger partial charge in [-0.2, -0.15) is 5.10 Å². The Morgan fingerprint density at radius 2 is 2.30 bits per heavy atom. The van der Waals surface area contributed by atoms with Gasteiger partial charge in [0.05, 0.1) is 23.4 Å². The molecule has 0 aromatic carbocycles. The van der Waals surface area contributed by atoms with E-state index in [2.05, 4.69) is 38.8 Å². The molecule has 3 rings (SSSR count). The number of ether oxygens (including phenoxy) is 1. The Morgan fingerprint density at radius 1 is 1.43 bits per heavy atom. The molecule has 124 valence electrons. The van der Waals surface area contributed by atoms with Crippen molar-refractivity contribution in [2.75, 3.05) is 38.2 Å². The quantitative estimate of drug-likeness (QED) is 0.833. The first-order chi connectivity index (χ1) is 11.1. The van der Waals surface area contributed by atoms with Crippen LogP contribution in [0.4, 0.5) is 5.82 Å². The Morgan fingerprint density at radius 3 is 3.00 bits per heavy atom. The normalized spacial score (nSPS) is 19.0. The van der Waals surface area contributed by atoms with Gasteiger partial charge < -0.3 is 9.64 Å². The van der Waals surface area contributed by atoms with Crippen LogP contribution in [0.15, 0.2) is 18.3 Å². The van der Waals surface area contributed by atoms with Crippen molar-refractivity contribution in [1.29, 1.82) is 0 Å². The minimum Gasteiger partial charge on any atom is -0.374 e. The Labute approximate surface area is 141 Å². The van der Waals surface area contributed by atoms with Crippen molar-refractivity contribution in [2.24, 2.45) is 0 Å². The lowest BCUT2D eigenvalue weighted by molar-refractivity contribution is -0.0262. The lowest BCUT2D eigenvalue weighted by atomic mass is 10.2. The molecule has 0 saturated carbocycles. The van der Waals surface area contributed by atoms with Gasteiger partial charge >= 0.3 is 0 Å². The van der Waals surface area contributed by atoms with Gasteiger partial charge in [-0.1, -0.05) is 0 Å². The van der Waals surface area contributed by atoms with Crippen molar-refractivity contribution >= 4 is 17.2 Å². The SMILES string of the molecule is Cc1nc(C)c(CN2CCOC(CN(C)c3cccnn3)C2)s1. The second-order valence-corrected chi connectivity index (χ2v) is 7.22. The first-order valence-electron chi connectivity index (χ1n) is 7.87. The molecule has 3 heterocycles. The summed E-state index contributed by atoms with van der Waals surface area (Å²) in [7, 11) is 2.03. The molecule has 1 aliphatic heterocycles. The second-order valence-electron chi connectivity index (χ2n) is 5.93. The number of anilines is 1. The van der Waals surface area contributed by atoms with E-state index in [1.54, 1.807) is 17.5 Å². The summed E-state index contributed by atoms with van der Waals surface area (Å²) >= 11 is 1.80. The van der Waals surface area contributed by atoms with Gasteiger partial charge in [-0.25, -0.2) is 4.98 Å². The first kappa shape index (κ1) is 16.3. The summed E-state index contributed by atoms with van der Waals surface area (Å²) < 4.78 is 5.93. The number of hydrogen-bond acceptors (Lipinski definition) is 7. The Bertz CT molecular complexity index is 633. The van der Waals surface area contributed by atoms with Gasteiger partial charge in [0, 0.05) is 44.3 Å². The zero-order valence-corrected chi connectivity index (χ0v) is 14.7. The number of rotatable bonds is 5. The Hall–Kier alpha value is -1.57. The van der Waals surface area contributed by atoms with Crippen molar-refractivity contribution in [3.63, 3.8) is 0 Å². The molecule has 0 aliphatic carbocycles. The topological polar surface area (TPSA) is 54.4 Å². The molecule has 0 bridgehead atoms. The summed E-state index contributed by atoms with van der Waals surface area (Å²) in [5, 5.41) is 9.22. The fourth-order valence-electron chi connectivity index (χ4n) is 2.85. The molecular formula is C16H23N5OS. The molecule has 23 heavy (non-hydrogen) atoms. The summed E-state index contributed by atoms with van der Waals surface area (Å²) in [6, 6.07) is 3.87. The zero-order valence-electron chi connectivity index (χ0n) is 13.9. The molecule has 1 saturated heterocycles. The Kier molecular flexibility index (Phi) is 5.20. The zero-order chi connectivity index (χ0) is 16.2. The van der Waals surface area contributed by atoms with Gasteiger partial charge in [-0.3, -0.25) is 4.90 Å².